The van der Waals surface area contributed by atoms with E-state index < -0.39 is 23.4 Å². The molecule has 1 atom stereocenters. The van der Waals surface area contributed by atoms with Crippen LogP contribution in [-0.4, -0.2) is 60.1 Å². The third-order valence-corrected chi connectivity index (χ3v) is 5.66. The third kappa shape index (κ3) is 9.07. The summed E-state index contributed by atoms with van der Waals surface area (Å²) in [6, 6.07) is 13.6. The monoisotopic (exact) mass is 472 g/mol. The molecule has 0 spiro atoms. The minimum Gasteiger partial charge on any atom is -0.494 e. The van der Waals surface area contributed by atoms with E-state index in [4.69, 9.17) is 4.74 Å². The first-order chi connectivity index (χ1) is 16.5. The van der Waals surface area contributed by atoms with Gasteiger partial charge >= 0.3 is 0 Å². The number of nitro groups is 1. The zero-order chi connectivity index (χ0) is 24.2. The molecule has 0 bridgehead atoms. The normalized spacial score (nSPS) is 15.6. The first kappa shape index (κ1) is 25.6. The van der Waals surface area contributed by atoms with Crippen molar-refractivity contribution in [3.63, 3.8) is 0 Å². The number of benzene rings is 2. The Morgan fingerprint density at radius 3 is 2.71 bits per heavy atom. The van der Waals surface area contributed by atoms with Crippen LogP contribution in [0, 0.1) is 15.9 Å². The van der Waals surface area contributed by atoms with Gasteiger partial charge in [-0.3, -0.25) is 20.0 Å². The van der Waals surface area contributed by atoms with E-state index in [1.807, 2.05) is 12.1 Å². The molecule has 0 amide bonds. The lowest BCUT2D eigenvalue weighted by Gasteiger charge is -2.26. The molecule has 0 radical (unpaired) electrons. The summed E-state index contributed by atoms with van der Waals surface area (Å²) in [6.07, 6.45) is 3.50. The Kier molecular flexibility index (Phi) is 10.2. The van der Waals surface area contributed by atoms with Gasteiger partial charge in [-0.05, 0) is 67.7 Å². The first-order valence-electron chi connectivity index (χ1n) is 11.8. The van der Waals surface area contributed by atoms with Crippen LogP contribution < -0.4 is 10.1 Å². The topological polar surface area (TPSA) is 100 Å². The molecule has 9 heteroatoms. The fourth-order valence-corrected chi connectivity index (χ4v) is 3.88. The standard InChI is InChI=1S/C25H33FN4O4/c26-22-10-8-21(9-11-22)24(31)17-28-25(19-30(32)33)27-12-5-15-34-23-7-4-6-20(16-23)18-29-13-2-1-3-14-29/h4,6-11,16,24,31H,1-3,5,12-15,17-19H2,(H,27,28). The van der Waals surface area contributed by atoms with E-state index >= 15 is 0 Å². The van der Waals surface area contributed by atoms with Gasteiger partial charge in [-0.2, -0.15) is 0 Å². The number of hydrogen-bond acceptors (Lipinski definition) is 6. The lowest BCUT2D eigenvalue weighted by Crippen LogP contribution is -2.32. The van der Waals surface area contributed by atoms with Gasteiger partial charge in [0, 0.05) is 18.0 Å². The molecular weight excluding hydrogens is 439 g/mol. The second-order valence-corrected chi connectivity index (χ2v) is 8.46. The number of nitrogens with zero attached hydrogens (tertiary/aromatic N) is 3. The van der Waals surface area contributed by atoms with Gasteiger partial charge in [-0.1, -0.05) is 30.7 Å². The van der Waals surface area contributed by atoms with Gasteiger partial charge in [-0.15, -0.1) is 0 Å². The molecule has 1 unspecified atom stereocenters. The lowest BCUT2D eigenvalue weighted by molar-refractivity contribution is -0.463. The summed E-state index contributed by atoms with van der Waals surface area (Å²) in [6.45, 7) is 3.62. The molecule has 0 aliphatic carbocycles. The summed E-state index contributed by atoms with van der Waals surface area (Å²) in [5.41, 5.74) is 1.74. The maximum absolute atomic E-state index is 13.0. The molecule has 184 valence electrons. The SMILES string of the molecule is O=[N+]([O-])CC(=NCC(O)c1ccc(F)cc1)NCCCOc1cccc(CN2CCCCC2)c1. The van der Waals surface area contributed by atoms with Gasteiger partial charge in [0.05, 0.1) is 19.3 Å². The van der Waals surface area contributed by atoms with Crippen molar-refractivity contribution in [2.24, 2.45) is 4.99 Å². The molecule has 1 heterocycles. The van der Waals surface area contributed by atoms with Crippen molar-refractivity contribution in [1.82, 2.24) is 10.2 Å². The minimum absolute atomic E-state index is 0.0535. The Morgan fingerprint density at radius 1 is 1.21 bits per heavy atom. The number of aliphatic hydroxyl groups is 1. The highest BCUT2D eigenvalue weighted by molar-refractivity contribution is 5.83. The van der Waals surface area contributed by atoms with E-state index in [1.54, 1.807) is 0 Å². The second-order valence-electron chi connectivity index (χ2n) is 8.46. The van der Waals surface area contributed by atoms with E-state index in [0.717, 1.165) is 25.4 Å². The molecule has 34 heavy (non-hydrogen) atoms. The average Bonchev–Trinajstić information content (AvgIpc) is 2.83. The zero-order valence-electron chi connectivity index (χ0n) is 19.4. The molecule has 8 nitrogen and oxygen atoms in total. The van der Waals surface area contributed by atoms with Crippen LogP contribution in [0.2, 0.25) is 0 Å². The van der Waals surface area contributed by atoms with Crippen molar-refractivity contribution >= 4 is 5.84 Å². The lowest BCUT2D eigenvalue weighted by atomic mass is 10.1. The Bertz CT molecular complexity index is 933. The van der Waals surface area contributed by atoms with Gasteiger partial charge < -0.3 is 15.2 Å². The van der Waals surface area contributed by atoms with Crippen molar-refractivity contribution in [2.45, 2.75) is 38.3 Å². The first-order valence-corrected chi connectivity index (χ1v) is 11.8. The van der Waals surface area contributed by atoms with Crippen LogP contribution in [0.1, 0.15) is 42.9 Å². The number of aliphatic hydroxyl groups excluding tert-OH is 1. The highest BCUT2D eigenvalue weighted by Gasteiger charge is 2.12. The van der Waals surface area contributed by atoms with Crippen molar-refractivity contribution in [3.05, 3.63) is 75.6 Å². The third-order valence-electron chi connectivity index (χ3n) is 5.66. The summed E-state index contributed by atoms with van der Waals surface area (Å²) in [5.74, 6) is 0.608. The number of piperidine rings is 1. The average molecular weight is 473 g/mol. The molecule has 0 aromatic heterocycles. The van der Waals surface area contributed by atoms with Crippen LogP contribution in [-0.2, 0) is 6.54 Å². The van der Waals surface area contributed by atoms with Crippen molar-refractivity contribution < 1.29 is 19.2 Å². The molecule has 2 aromatic rings. The highest BCUT2D eigenvalue weighted by atomic mass is 19.1. The van der Waals surface area contributed by atoms with E-state index in [9.17, 15) is 19.6 Å². The number of halogens is 1. The summed E-state index contributed by atoms with van der Waals surface area (Å²) in [5, 5.41) is 24.1. The molecule has 1 saturated heterocycles. The van der Waals surface area contributed by atoms with Gasteiger partial charge in [0.15, 0.2) is 5.84 Å². The smallest absolute Gasteiger partial charge is 0.259 e. The molecule has 1 aliphatic heterocycles. The Morgan fingerprint density at radius 2 is 1.97 bits per heavy atom. The fraction of sp³-hybridized carbons (Fsp3) is 0.480. The Balaban J connectivity index is 1.42. The highest BCUT2D eigenvalue weighted by Crippen LogP contribution is 2.18. The number of hydrogen-bond donors (Lipinski definition) is 2. The molecule has 1 aliphatic rings. The van der Waals surface area contributed by atoms with E-state index in [0.29, 0.717) is 25.1 Å². The van der Waals surface area contributed by atoms with Crippen LogP contribution in [0.15, 0.2) is 53.5 Å². The number of likely N-dealkylation sites (tertiary alicyclic amines) is 1. The second kappa shape index (κ2) is 13.6. The summed E-state index contributed by atoms with van der Waals surface area (Å²) in [7, 11) is 0. The molecule has 1 fully saturated rings. The van der Waals surface area contributed by atoms with Crippen LogP contribution in [0.4, 0.5) is 4.39 Å². The maximum atomic E-state index is 13.0. The van der Waals surface area contributed by atoms with Gasteiger partial charge in [0.25, 0.3) is 6.54 Å². The van der Waals surface area contributed by atoms with Gasteiger partial charge in [0.2, 0.25) is 0 Å². The molecule has 3 rings (SSSR count). The van der Waals surface area contributed by atoms with E-state index in [-0.39, 0.29) is 12.4 Å². The number of nitrogens with one attached hydrogen (secondary N) is 1. The van der Waals surface area contributed by atoms with Crippen LogP contribution in [0.3, 0.4) is 0 Å². The predicted octanol–water partition coefficient (Wildman–Crippen LogP) is 3.58. The van der Waals surface area contributed by atoms with Crippen LogP contribution >= 0.6 is 0 Å². The van der Waals surface area contributed by atoms with Crippen molar-refractivity contribution in [3.8, 4) is 5.75 Å². The molecule has 0 saturated carbocycles. The molecule has 2 N–H and O–H groups in total. The summed E-state index contributed by atoms with van der Waals surface area (Å²) >= 11 is 0. The Labute approximate surface area is 199 Å². The summed E-state index contributed by atoms with van der Waals surface area (Å²) in [4.78, 5) is 17.1. The van der Waals surface area contributed by atoms with Gasteiger partial charge in [-0.25, -0.2) is 4.39 Å². The fourth-order valence-electron chi connectivity index (χ4n) is 3.88. The van der Waals surface area contributed by atoms with E-state index in [2.05, 4.69) is 27.3 Å². The van der Waals surface area contributed by atoms with Crippen LogP contribution in [0.5, 0.6) is 5.75 Å². The summed E-state index contributed by atoms with van der Waals surface area (Å²) < 4.78 is 18.9. The largest absolute Gasteiger partial charge is 0.494 e. The van der Waals surface area contributed by atoms with Gasteiger partial charge in [0.1, 0.15) is 11.6 Å². The quantitative estimate of drug-likeness (QED) is 0.161. The number of amidine groups is 1. The number of aliphatic imine (C=N–C) groups is 1. The Hall–Kier alpha value is -3.04. The number of ether oxygens (including phenoxy) is 1. The molecule has 2 aromatic carbocycles. The van der Waals surface area contributed by atoms with Crippen molar-refractivity contribution in [2.75, 3.05) is 39.3 Å². The van der Waals surface area contributed by atoms with Crippen molar-refractivity contribution in [1.29, 1.82) is 0 Å². The minimum atomic E-state index is -0.968. The predicted molar refractivity (Wildman–Crippen MR) is 129 cm³/mol. The van der Waals surface area contributed by atoms with Crippen LogP contribution in [0.25, 0.3) is 0 Å². The number of rotatable bonds is 12. The maximum Gasteiger partial charge on any atom is 0.259 e. The van der Waals surface area contributed by atoms with E-state index in [1.165, 1.54) is 49.1 Å². The molecular formula is C25H33FN4O4. The zero-order valence-corrected chi connectivity index (χ0v) is 19.4.